The number of nitrogens with one attached hydrogen (secondary N) is 2. The van der Waals surface area contributed by atoms with Gasteiger partial charge in [0.25, 0.3) is 0 Å². The molecule has 0 aliphatic heterocycles. The van der Waals surface area contributed by atoms with Crippen molar-refractivity contribution < 1.29 is 4.79 Å². The maximum atomic E-state index is 13.0. The van der Waals surface area contributed by atoms with Crippen LogP contribution in [0.25, 0.3) is 11.4 Å². The van der Waals surface area contributed by atoms with E-state index in [0.29, 0.717) is 6.54 Å². The Labute approximate surface area is 205 Å². The molecule has 1 aromatic heterocycles. The minimum atomic E-state index is -0.683. The summed E-state index contributed by atoms with van der Waals surface area (Å²) in [5.41, 5.74) is 3.28. The van der Waals surface area contributed by atoms with Crippen LogP contribution in [-0.4, -0.2) is 31.5 Å². The Morgan fingerprint density at radius 3 is 2.53 bits per heavy atom. The number of benzene rings is 2. The van der Waals surface area contributed by atoms with Crippen LogP contribution in [0.5, 0.6) is 0 Å². The molecule has 6 nitrogen and oxygen atoms in total. The van der Waals surface area contributed by atoms with Crippen molar-refractivity contribution in [2.75, 3.05) is 5.32 Å². The van der Waals surface area contributed by atoms with Crippen LogP contribution >= 0.6 is 11.8 Å². The van der Waals surface area contributed by atoms with Gasteiger partial charge in [0.2, 0.25) is 5.91 Å². The second-order valence-electron chi connectivity index (χ2n) is 8.71. The Kier molecular flexibility index (Phi) is 7.53. The third kappa shape index (κ3) is 5.78. The van der Waals surface area contributed by atoms with E-state index < -0.39 is 4.75 Å². The zero-order valence-electron chi connectivity index (χ0n) is 19.9. The highest BCUT2D eigenvalue weighted by atomic mass is 32.2. The van der Waals surface area contributed by atoms with Crippen LogP contribution in [0.2, 0.25) is 0 Å². The Hall–Kier alpha value is -3.32. The standard InChI is InChI=1S/C27H31N5OS/c1-4-32-24(21-15-17-22(18-16-21)28-19-20-11-7-5-8-12-20)30-31-26(32)34-27(2,3)25(33)29-23-13-9-6-10-14-23/h5-13,15-18,23,28H,4,14,19H2,1-3H3,(H,29,33). The van der Waals surface area contributed by atoms with Crippen molar-refractivity contribution in [1.29, 1.82) is 0 Å². The molecule has 0 saturated heterocycles. The highest BCUT2D eigenvalue weighted by molar-refractivity contribution is 8.01. The summed E-state index contributed by atoms with van der Waals surface area (Å²) < 4.78 is 1.38. The fourth-order valence-electron chi connectivity index (χ4n) is 3.70. The third-order valence-corrected chi connectivity index (χ3v) is 6.89. The van der Waals surface area contributed by atoms with Crippen LogP contribution in [0.1, 0.15) is 32.8 Å². The number of hydrogen-bond donors (Lipinski definition) is 2. The third-order valence-electron chi connectivity index (χ3n) is 5.71. The average Bonchev–Trinajstić information content (AvgIpc) is 3.26. The van der Waals surface area contributed by atoms with Crippen molar-refractivity contribution in [3.8, 4) is 11.4 Å². The Morgan fingerprint density at radius 2 is 1.85 bits per heavy atom. The SMILES string of the molecule is CCn1c(SC(C)(C)C(=O)NC2C=CC=CC2)nnc1-c1ccc(NCc2ccccc2)cc1. The van der Waals surface area contributed by atoms with Crippen LogP contribution < -0.4 is 10.6 Å². The summed E-state index contributed by atoms with van der Waals surface area (Å²) in [7, 11) is 0. The summed E-state index contributed by atoms with van der Waals surface area (Å²) in [5.74, 6) is 0.791. The molecule has 1 unspecified atom stereocenters. The number of rotatable bonds is 9. The summed E-state index contributed by atoms with van der Waals surface area (Å²) in [5, 5.41) is 16.2. The molecule has 1 aliphatic carbocycles. The van der Waals surface area contributed by atoms with Gasteiger partial charge >= 0.3 is 0 Å². The van der Waals surface area contributed by atoms with Gasteiger partial charge in [-0.1, -0.05) is 66.4 Å². The van der Waals surface area contributed by atoms with Gasteiger partial charge < -0.3 is 15.2 Å². The zero-order valence-corrected chi connectivity index (χ0v) is 20.7. The molecule has 0 radical (unpaired) electrons. The second kappa shape index (κ2) is 10.7. The predicted molar refractivity (Wildman–Crippen MR) is 140 cm³/mol. The van der Waals surface area contributed by atoms with Crippen molar-refractivity contribution in [2.24, 2.45) is 0 Å². The maximum Gasteiger partial charge on any atom is 0.236 e. The molecular formula is C27H31N5OS. The first-order valence-electron chi connectivity index (χ1n) is 11.6. The van der Waals surface area contributed by atoms with E-state index in [9.17, 15) is 4.79 Å². The molecule has 0 bridgehead atoms. The number of carbonyl (C=O) groups excluding carboxylic acids is 1. The highest BCUT2D eigenvalue weighted by Crippen LogP contribution is 2.34. The number of amides is 1. The van der Waals surface area contributed by atoms with E-state index in [1.54, 1.807) is 0 Å². The van der Waals surface area contributed by atoms with Crippen molar-refractivity contribution in [3.63, 3.8) is 0 Å². The first kappa shape index (κ1) is 23.8. The van der Waals surface area contributed by atoms with Gasteiger partial charge in [0.15, 0.2) is 11.0 Å². The van der Waals surface area contributed by atoms with E-state index in [-0.39, 0.29) is 11.9 Å². The summed E-state index contributed by atoms with van der Waals surface area (Å²) >= 11 is 1.44. The van der Waals surface area contributed by atoms with Crippen molar-refractivity contribution in [2.45, 2.75) is 56.2 Å². The Morgan fingerprint density at radius 1 is 1.09 bits per heavy atom. The van der Waals surface area contributed by atoms with Crippen LogP contribution in [0.15, 0.2) is 84.1 Å². The number of anilines is 1. The lowest BCUT2D eigenvalue weighted by atomic mass is 10.1. The van der Waals surface area contributed by atoms with Gasteiger partial charge in [0.05, 0.1) is 10.8 Å². The van der Waals surface area contributed by atoms with Crippen LogP contribution in [-0.2, 0) is 17.9 Å². The summed E-state index contributed by atoms with van der Waals surface area (Å²) in [4.78, 5) is 13.0. The molecule has 176 valence electrons. The Bertz CT molecular complexity index is 1170. The smallest absolute Gasteiger partial charge is 0.236 e. The quantitative estimate of drug-likeness (QED) is 0.405. The number of carbonyl (C=O) groups is 1. The number of aromatic nitrogens is 3. The van der Waals surface area contributed by atoms with Gasteiger partial charge in [0.1, 0.15) is 0 Å². The van der Waals surface area contributed by atoms with Gasteiger partial charge in [-0.25, -0.2) is 0 Å². The molecule has 7 heteroatoms. The molecule has 0 spiro atoms. The summed E-state index contributed by atoms with van der Waals surface area (Å²) in [6.07, 6.45) is 8.86. The molecule has 1 amide bonds. The van der Waals surface area contributed by atoms with Crippen molar-refractivity contribution in [1.82, 2.24) is 20.1 Å². The molecule has 1 heterocycles. The van der Waals surface area contributed by atoms with Gasteiger partial charge in [-0.3, -0.25) is 4.79 Å². The van der Waals surface area contributed by atoms with Gasteiger partial charge in [0, 0.05) is 24.3 Å². The fraction of sp³-hybridized carbons (Fsp3) is 0.296. The molecule has 1 aliphatic rings. The second-order valence-corrected chi connectivity index (χ2v) is 10.3. The molecule has 0 saturated carbocycles. The number of allylic oxidation sites excluding steroid dienone is 2. The largest absolute Gasteiger partial charge is 0.381 e. The topological polar surface area (TPSA) is 71.8 Å². The van der Waals surface area contributed by atoms with Crippen molar-refractivity contribution >= 4 is 23.4 Å². The Balaban J connectivity index is 1.43. The molecule has 2 N–H and O–H groups in total. The first-order valence-corrected chi connectivity index (χ1v) is 12.4. The minimum Gasteiger partial charge on any atom is -0.381 e. The van der Waals surface area contributed by atoms with E-state index >= 15 is 0 Å². The van der Waals surface area contributed by atoms with Crippen molar-refractivity contribution in [3.05, 3.63) is 84.5 Å². The van der Waals surface area contributed by atoms with Gasteiger partial charge in [-0.05, 0) is 57.0 Å². The highest BCUT2D eigenvalue weighted by Gasteiger charge is 2.32. The van der Waals surface area contributed by atoms with E-state index in [1.807, 2.05) is 50.3 Å². The van der Waals surface area contributed by atoms with Gasteiger partial charge in [-0.15, -0.1) is 10.2 Å². The summed E-state index contributed by atoms with van der Waals surface area (Å²) in [6, 6.07) is 18.6. The predicted octanol–water partition coefficient (Wildman–Crippen LogP) is 5.45. The lowest BCUT2D eigenvalue weighted by molar-refractivity contribution is -0.123. The van der Waals surface area contributed by atoms with E-state index in [0.717, 1.165) is 35.2 Å². The molecule has 34 heavy (non-hydrogen) atoms. The minimum absolute atomic E-state index is 0.0107. The van der Waals surface area contributed by atoms with E-state index in [1.165, 1.54) is 17.3 Å². The lowest BCUT2D eigenvalue weighted by Gasteiger charge is -2.25. The van der Waals surface area contributed by atoms with E-state index in [4.69, 9.17) is 0 Å². The van der Waals surface area contributed by atoms with Gasteiger partial charge in [-0.2, -0.15) is 0 Å². The zero-order chi connectivity index (χ0) is 24.0. The van der Waals surface area contributed by atoms with E-state index in [2.05, 4.69) is 74.8 Å². The number of thioether (sulfide) groups is 1. The number of hydrogen-bond acceptors (Lipinski definition) is 5. The van der Waals surface area contributed by atoms with Crippen LogP contribution in [0, 0.1) is 0 Å². The molecular weight excluding hydrogens is 442 g/mol. The summed E-state index contributed by atoms with van der Waals surface area (Å²) in [6.45, 7) is 7.41. The fourth-order valence-corrected chi connectivity index (χ4v) is 4.72. The van der Waals surface area contributed by atoms with Crippen LogP contribution in [0.4, 0.5) is 5.69 Å². The number of nitrogens with zero attached hydrogens (tertiary/aromatic N) is 3. The normalized spacial score (nSPS) is 15.3. The molecule has 4 rings (SSSR count). The average molecular weight is 474 g/mol. The molecule has 0 fully saturated rings. The first-order chi connectivity index (χ1) is 16.5. The molecule has 1 atom stereocenters. The van der Waals surface area contributed by atoms with Crippen LogP contribution in [0.3, 0.4) is 0 Å². The molecule has 2 aromatic carbocycles. The molecule has 3 aromatic rings. The lowest BCUT2D eigenvalue weighted by Crippen LogP contribution is -2.44. The maximum absolute atomic E-state index is 13.0. The monoisotopic (exact) mass is 473 g/mol.